The Morgan fingerprint density at radius 3 is 2.32 bits per heavy atom. The van der Waals surface area contributed by atoms with Crippen molar-refractivity contribution in [1.82, 2.24) is 15.2 Å². The predicted octanol–water partition coefficient (Wildman–Crippen LogP) is 5.93. The van der Waals surface area contributed by atoms with Crippen molar-refractivity contribution in [2.24, 2.45) is 0 Å². The SMILES string of the molecule is CNC(=O)c1c(-c2ccc(F)cc2)oc2ccc(-c3ccc(C(=O)N(C)Cc4cccnc4)cc3)cc12. The summed E-state index contributed by atoms with van der Waals surface area (Å²) in [5, 5.41) is 3.31. The lowest BCUT2D eigenvalue weighted by Gasteiger charge is -2.17. The van der Waals surface area contributed by atoms with Gasteiger partial charge in [-0.25, -0.2) is 4.39 Å². The van der Waals surface area contributed by atoms with Gasteiger partial charge in [-0.05, 0) is 71.3 Å². The van der Waals surface area contributed by atoms with Gasteiger partial charge >= 0.3 is 0 Å². The topological polar surface area (TPSA) is 75.4 Å². The summed E-state index contributed by atoms with van der Waals surface area (Å²) in [4.78, 5) is 31.5. The fourth-order valence-electron chi connectivity index (χ4n) is 4.30. The van der Waals surface area contributed by atoms with Crippen LogP contribution in [0.4, 0.5) is 4.39 Å². The van der Waals surface area contributed by atoms with Gasteiger partial charge in [0.05, 0.1) is 5.56 Å². The van der Waals surface area contributed by atoms with E-state index in [2.05, 4.69) is 10.3 Å². The molecule has 0 spiro atoms. The molecule has 0 fully saturated rings. The number of nitrogens with one attached hydrogen (secondary N) is 1. The number of hydrogen-bond acceptors (Lipinski definition) is 4. The second kappa shape index (κ2) is 10.1. The van der Waals surface area contributed by atoms with Crippen molar-refractivity contribution in [2.45, 2.75) is 6.54 Å². The number of aromatic nitrogens is 1. The summed E-state index contributed by atoms with van der Waals surface area (Å²) in [7, 11) is 3.32. The Labute approximate surface area is 213 Å². The largest absolute Gasteiger partial charge is 0.455 e. The maximum atomic E-state index is 13.5. The summed E-state index contributed by atoms with van der Waals surface area (Å²) in [6.07, 6.45) is 3.44. The fraction of sp³-hybridized carbons (Fsp3) is 0.100. The predicted molar refractivity (Wildman–Crippen MR) is 140 cm³/mol. The van der Waals surface area contributed by atoms with Crippen LogP contribution in [0.15, 0.2) is 95.7 Å². The van der Waals surface area contributed by atoms with Crippen molar-refractivity contribution in [3.8, 4) is 22.5 Å². The van der Waals surface area contributed by atoms with Gasteiger partial charge in [0.15, 0.2) is 0 Å². The maximum Gasteiger partial charge on any atom is 0.255 e. The van der Waals surface area contributed by atoms with Gasteiger partial charge in [-0.3, -0.25) is 14.6 Å². The highest BCUT2D eigenvalue weighted by Gasteiger charge is 2.22. The first kappa shape index (κ1) is 23.9. The number of amides is 2. The van der Waals surface area contributed by atoms with Crippen LogP contribution in [-0.4, -0.2) is 35.8 Å². The summed E-state index contributed by atoms with van der Waals surface area (Å²) in [6.45, 7) is 0.463. The average Bonchev–Trinajstić information content (AvgIpc) is 3.32. The molecular formula is C30H24FN3O3. The zero-order valence-electron chi connectivity index (χ0n) is 20.4. The Hall–Kier alpha value is -4.78. The van der Waals surface area contributed by atoms with Gasteiger partial charge in [0.25, 0.3) is 11.8 Å². The number of pyridine rings is 1. The third kappa shape index (κ3) is 4.84. The van der Waals surface area contributed by atoms with Crippen LogP contribution >= 0.6 is 0 Å². The monoisotopic (exact) mass is 493 g/mol. The highest BCUT2D eigenvalue weighted by Crippen LogP contribution is 2.36. The van der Waals surface area contributed by atoms with E-state index in [1.54, 1.807) is 55.7 Å². The van der Waals surface area contributed by atoms with Gasteiger partial charge in [0, 0.05) is 49.5 Å². The number of furan rings is 1. The minimum absolute atomic E-state index is 0.0912. The van der Waals surface area contributed by atoms with Gasteiger partial charge in [0.1, 0.15) is 17.2 Å². The molecule has 7 heteroatoms. The summed E-state index contributed by atoms with van der Waals surface area (Å²) < 4.78 is 19.5. The van der Waals surface area contributed by atoms with E-state index < -0.39 is 0 Å². The molecule has 0 aliphatic rings. The number of rotatable bonds is 6. The number of benzene rings is 3. The first-order chi connectivity index (χ1) is 17.9. The molecule has 0 aliphatic carbocycles. The molecule has 2 heterocycles. The van der Waals surface area contributed by atoms with Crippen molar-refractivity contribution < 1.29 is 18.4 Å². The van der Waals surface area contributed by atoms with Gasteiger partial charge in [-0.2, -0.15) is 0 Å². The standard InChI is InChI=1S/C30H24FN3O3/c1-32-29(35)27-25-16-23(11-14-26(25)37-28(27)21-9-12-24(31)13-10-21)20-5-7-22(8-6-20)30(36)34(2)18-19-4-3-15-33-17-19/h3-17H,18H2,1-2H3,(H,32,35). The highest BCUT2D eigenvalue weighted by molar-refractivity contribution is 6.11. The van der Waals surface area contributed by atoms with Crippen molar-refractivity contribution in [3.05, 3.63) is 114 Å². The molecule has 2 amide bonds. The minimum atomic E-state index is -0.367. The molecule has 0 aliphatic heterocycles. The molecule has 0 atom stereocenters. The van der Waals surface area contributed by atoms with Crippen molar-refractivity contribution in [2.75, 3.05) is 14.1 Å². The zero-order chi connectivity index (χ0) is 25.9. The van der Waals surface area contributed by atoms with E-state index >= 15 is 0 Å². The Morgan fingerprint density at radius 2 is 1.65 bits per heavy atom. The van der Waals surface area contributed by atoms with E-state index in [1.807, 2.05) is 42.5 Å². The van der Waals surface area contributed by atoms with E-state index in [1.165, 1.54) is 12.1 Å². The average molecular weight is 494 g/mol. The molecule has 5 rings (SSSR count). The molecule has 0 radical (unpaired) electrons. The van der Waals surface area contributed by atoms with E-state index in [-0.39, 0.29) is 17.6 Å². The van der Waals surface area contributed by atoms with Crippen LogP contribution < -0.4 is 5.32 Å². The number of hydrogen-bond donors (Lipinski definition) is 1. The summed E-state index contributed by atoms with van der Waals surface area (Å²) in [5.74, 6) is -0.378. The van der Waals surface area contributed by atoms with Gasteiger partial charge in [-0.15, -0.1) is 0 Å². The van der Waals surface area contributed by atoms with Gasteiger partial charge < -0.3 is 14.6 Å². The van der Waals surface area contributed by atoms with E-state index in [9.17, 15) is 14.0 Å². The van der Waals surface area contributed by atoms with Crippen LogP contribution in [0.5, 0.6) is 0 Å². The number of fused-ring (bicyclic) bond motifs is 1. The molecule has 0 bridgehead atoms. The molecule has 0 saturated heterocycles. The summed E-state index contributed by atoms with van der Waals surface area (Å²) >= 11 is 0. The van der Waals surface area contributed by atoms with Gasteiger partial charge in [-0.1, -0.05) is 24.3 Å². The van der Waals surface area contributed by atoms with Crippen molar-refractivity contribution in [1.29, 1.82) is 0 Å². The van der Waals surface area contributed by atoms with E-state index in [4.69, 9.17) is 4.42 Å². The quantitative estimate of drug-likeness (QED) is 0.318. The Kier molecular flexibility index (Phi) is 6.51. The molecular weight excluding hydrogens is 469 g/mol. The lowest BCUT2D eigenvalue weighted by atomic mass is 9.99. The lowest BCUT2D eigenvalue weighted by molar-refractivity contribution is 0.0784. The first-order valence-electron chi connectivity index (χ1n) is 11.7. The lowest BCUT2D eigenvalue weighted by Crippen LogP contribution is -2.26. The number of carbonyl (C=O) groups excluding carboxylic acids is 2. The Bertz CT molecular complexity index is 1580. The molecule has 3 aromatic carbocycles. The van der Waals surface area contributed by atoms with E-state index in [0.717, 1.165) is 16.7 Å². The zero-order valence-corrected chi connectivity index (χ0v) is 20.4. The Morgan fingerprint density at radius 1 is 0.946 bits per heavy atom. The minimum Gasteiger partial charge on any atom is -0.455 e. The molecule has 37 heavy (non-hydrogen) atoms. The normalized spacial score (nSPS) is 10.9. The van der Waals surface area contributed by atoms with Crippen LogP contribution in [0.3, 0.4) is 0 Å². The van der Waals surface area contributed by atoms with Crippen LogP contribution in [-0.2, 0) is 6.54 Å². The molecule has 2 aromatic heterocycles. The van der Waals surface area contributed by atoms with Gasteiger partial charge in [0.2, 0.25) is 0 Å². The molecule has 184 valence electrons. The second-order valence-corrected chi connectivity index (χ2v) is 8.70. The summed E-state index contributed by atoms with van der Waals surface area (Å²) in [6, 6.07) is 22.6. The molecule has 0 saturated carbocycles. The van der Waals surface area contributed by atoms with E-state index in [0.29, 0.717) is 40.0 Å². The molecule has 5 aromatic rings. The van der Waals surface area contributed by atoms with Crippen LogP contribution in [0.1, 0.15) is 26.3 Å². The smallest absolute Gasteiger partial charge is 0.255 e. The molecule has 6 nitrogen and oxygen atoms in total. The van der Waals surface area contributed by atoms with Crippen LogP contribution in [0.25, 0.3) is 33.4 Å². The second-order valence-electron chi connectivity index (χ2n) is 8.70. The number of halogens is 1. The van der Waals surface area contributed by atoms with Crippen LogP contribution in [0.2, 0.25) is 0 Å². The highest BCUT2D eigenvalue weighted by atomic mass is 19.1. The number of nitrogens with zero attached hydrogens (tertiary/aromatic N) is 2. The Balaban J connectivity index is 1.46. The van der Waals surface area contributed by atoms with Crippen LogP contribution in [0, 0.1) is 5.82 Å². The molecule has 1 N–H and O–H groups in total. The molecule has 0 unspecified atom stereocenters. The summed E-state index contributed by atoms with van der Waals surface area (Å²) in [5.41, 5.74) is 4.82. The van der Waals surface area contributed by atoms with Crippen molar-refractivity contribution >= 4 is 22.8 Å². The number of carbonyl (C=O) groups is 2. The van der Waals surface area contributed by atoms with Crippen molar-refractivity contribution in [3.63, 3.8) is 0 Å². The fourth-order valence-corrected chi connectivity index (χ4v) is 4.30. The maximum absolute atomic E-state index is 13.5. The first-order valence-corrected chi connectivity index (χ1v) is 11.7. The third-order valence-corrected chi connectivity index (χ3v) is 6.20. The third-order valence-electron chi connectivity index (χ3n) is 6.20.